The molecule has 0 bridgehead atoms. The highest BCUT2D eigenvalue weighted by Crippen LogP contribution is 2.12. The molecule has 1 unspecified atom stereocenters. The third kappa shape index (κ3) is 2.41. The summed E-state index contributed by atoms with van der Waals surface area (Å²) >= 11 is 0. The Hall–Kier alpha value is -1.69. The minimum atomic E-state index is 0.142. The second kappa shape index (κ2) is 4.22. The Kier molecular flexibility index (Phi) is 2.77. The van der Waals surface area contributed by atoms with Crippen LogP contribution in [-0.4, -0.2) is 20.2 Å². The average Bonchev–Trinajstić information content (AvgIpc) is 2.84. The Bertz CT molecular complexity index is 408. The number of nitrogens with one attached hydrogen (secondary N) is 1. The van der Waals surface area contributed by atoms with Crippen molar-refractivity contribution in [1.82, 2.24) is 25.5 Å². The summed E-state index contributed by atoms with van der Waals surface area (Å²) in [4.78, 5) is 1.44. The van der Waals surface area contributed by atoms with E-state index >= 15 is 0 Å². The molecule has 0 aliphatic heterocycles. The smallest absolute Gasteiger partial charge is 0.188 e. The molecule has 80 valence electrons. The minimum absolute atomic E-state index is 0.142. The van der Waals surface area contributed by atoms with Crippen molar-refractivity contribution in [3.05, 3.63) is 30.0 Å². The largest absolute Gasteiger partial charge is 0.468 e. The second-order valence-electron chi connectivity index (χ2n) is 3.31. The van der Waals surface area contributed by atoms with Gasteiger partial charge in [-0.3, -0.25) is 0 Å². The van der Waals surface area contributed by atoms with E-state index in [1.165, 1.54) is 4.80 Å². The van der Waals surface area contributed by atoms with Gasteiger partial charge in [0.15, 0.2) is 5.82 Å². The highest BCUT2D eigenvalue weighted by molar-refractivity contribution is 5.03. The zero-order valence-electron chi connectivity index (χ0n) is 8.71. The summed E-state index contributed by atoms with van der Waals surface area (Å²) in [6.45, 7) is 2.60. The monoisotopic (exact) mass is 207 g/mol. The number of nitrogens with zero attached hydrogens (tertiary/aromatic N) is 4. The third-order valence-electron chi connectivity index (χ3n) is 2.09. The van der Waals surface area contributed by atoms with Crippen LogP contribution in [0.4, 0.5) is 0 Å². The van der Waals surface area contributed by atoms with E-state index in [0.717, 1.165) is 5.76 Å². The van der Waals surface area contributed by atoms with E-state index in [0.29, 0.717) is 12.4 Å². The van der Waals surface area contributed by atoms with Crippen molar-refractivity contribution in [2.75, 3.05) is 0 Å². The van der Waals surface area contributed by atoms with Crippen LogP contribution >= 0.6 is 0 Å². The van der Waals surface area contributed by atoms with Crippen LogP contribution in [0.5, 0.6) is 0 Å². The SMILES string of the molecule is CC(NCc1nnn(C)n1)c1ccco1. The molecule has 0 saturated heterocycles. The summed E-state index contributed by atoms with van der Waals surface area (Å²) in [5.74, 6) is 1.58. The summed E-state index contributed by atoms with van der Waals surface area (Å²) < 4.78 is 5.26. The molecule has 0 amide bonds. The number of rotatable bonds is 4. The predicted octanol–water partition coefficient (Wildman–Crippen LogP) is 0.654. The van der Waals surface area contributed by atoms with E-state index in [-0.39, 0.29) is 6.04 Å². The first-order chi connectivity index (χ1) is 7.25. The Morgan fingerprint density at radius 1 is 1.60 bits per heavy atom. The lowest BCUT2D eigenvalue weighted by Crippen LogP contribution is -2.18. The van der Waals surface area contributed by atoms with Crippen molar-refractivity contribution < 1.29 is 4.42 Å². The maximum Gasteiger partial charge on any atom is 0.188 e. The summed E-state index contributed by atoms with van der Waals surface area (Å²) in [5, 5.41) is 14.9. The number of hydrogen-bond donors (Lipinski definition) is 1. The van der Waals surface area contributed by atoms with Crippen molar-refractivity contribution in [3.63, 3.8) is 0 Å². The Morgan fingerprint density at radius 3 is 3.07 bits per heavy atom. The van der Waals surface area contributed by atoms with Gasteiger partial charge in [0.05, 0.1) is 25.9 Å². The molecule has 0 saturated carbocycles. The van der Waals surface area contributed by atoms with Gasteiger partial charge in [-0.15, -0.1) is 10.2 Å². The van der Waals surface area contributed by atoms with Crippen LogP contribution in [0.1, 0.15) is 24.6 Å². The van der Waals surface area contributed by atoms with Gasteiger partial charge in [0.25, 0.3) is 0 Å². The maximum absolute atomic E-state index is 5.26. The van der Waals surface area contributed by atoms with Crippen molar-refractivity contribution in [3.8, 4) is 0 Å². The van der Waals surface area contributed by atoms with Gasteiger partial charge in [0.2, 0.25) is 0 Å². The molecule has 2 aromatic heterocycles. The lowest BCUT2D eigenvalue weighted by molar-refractivity contribution is 0.426. The van der Waals surface area contributed by atoms with Crippen LogP contribution in [0.3, 0.4) is 0 Å². The van der Waals surface area contributed by atoms with Crippen LogP contribution in [0, 0.1) is 0 Å². The lowest BCUT2D eigenvalue weighted by Gasteiger charge is -2.08. The first-order valence-corrected chi connectivity index (χ1v) is 4.75. The molecule has 2 heterocycles. The Morgan fingerprint density at radius 2 is 2.47 bits per heavy atom. The fourth-order valence-electron chi connectivity index (χ4n) is 1.28. The molecule has 0 spiro atoms. The van der Waals surface area contributed by atoms with E-state index in [2.05, 4.69) is 20.7 Å². The third-order valence-corrected chi connectivity index (χ3v) is 2.09. The number of furan rings is 1. The normalized spacial score (nSPS) is 12.9. The predicted molar refractivity (Wildman–Crippen MR) is 52.8 cm³/mol. The molecule has 15 heavy (non-hydrogen) atoms. The minimum Gasteiger partial charge on any atom is -0.468 e. The van der Waals surface area contributed by atoms with Crippen molar-refractivity contribution in [2.24, 2.45) is 7.05 Å². The Balaban J connectivity index is 1.88. The molecule has 6 heteroatoms. The number of hydrogen-bond acceptors (Lipinski definition) is 5. The van der Waals surface area contributed by atoms with E-state index in [9.17, 15) is 0 Å². The van der Waals surface area contributed by atoms with Gasteiger partial charge in [-0.25, -0.2) is 0 Å². The second-order valence-corrected chi connectivity index (χ2v) is 3.31. The van der Waals surface area contributed by atoms with Gasteiger partial charge in [-0.2, -0.15) is 4.80 Å². The van der Waals surface area contributed by atoms with Crippen LogP contribution in [0.2, 0.25) is 0 Å². The summed E-state index contributed by atoms with van der Waals surface area (Å²) in [7, 11) is 1.74. The molecular weight excluding hydrogens is 194 g/mol. The van der Waals surface area contributed by atoms with Gasteiger partial charge >= 0.3 is 0 Å². The zero-order chi connectivity index (χ0) is 10.7. The summed E-state index contributed by atoms with van der Waals surface area (Å²) in [6, 6.07) is 3.94. The van der Waals surface area contributed by atoms with Crippen molar-refractivity contribution >= 4 is 0 Å². The van der Waals surface area contributed by atoms with E-state index < -0.39 is 0 Å². The average molecular weight is 207 g/mol. The van der Waals surface area contributed by atoms with Gasteiger partial charge in [-0.05, 0) is 24.3 Å². The van der Waals surface area contributed by atoms with Gasteiger partial charge in [0.1, 0.15) is 5.76 Å². The van der Waals surface area contributed by atoms with Crippen molar-refractivity contribution in [1.29, 1.82) is 0 Å². The molecule has 6 nitrogen and oxygen atoms in total. The number of aromatic nitrogens is 4. The van der Waals surface area contributed by atoms with E-state index in [1.807, 2.05) is 19.1 Å². The molecule has 0 aliphatic carbocycles. The molecule has 0 fully saturated rings. The van der Waals surface area contributed by atoms with E-state index in [1.54, 1.807) is 13.3 Å². The van der Waals surface area contributed by atoms with E-state index in [4.69, 9.17) is 4.42 Å². The van der Waals surface area contributed by atoms with Crippen LogP contribution in [0.25, 0.3) is 0 Å². The molecule has 0 aliphatic rings. The van der Waals surface area contributed by atoms with Crippen LogP contribution in [-0.2, 0) is 13.6 Å². The molecule has 1 N–H and O–H groups in total. The quantitative estimate of drug-likeness (QED) is 0.797. The molecule has 0 radical (unpaired) electrons. The molecular formula is C9H13N5O. The zero-order valence-corrected chi connectivity index (χ0v) is 8.71. The fraction of sp³-hybridized carbons (Fsp3) is 0.444. The number of tetrazole rings is 1. The topological polar surface area (TPSA) is 68.8 Å². The van der Waals surface area contributed by atoms with Crippen molar-refractivity contribution in [2.45, 2.75) is 19.5 Å². The summed E-state index contributed by atoms with van der Waals surface area (Å²) in [5.41, 5.74) is 0. The van der Waals surface area contributed by atoms with Gasteiger partial charge < -0.3 is 9.73 Å². The fourth-order valence-corrected chi connectivity index (χ4v) is 1.28. The Labute approximate surface area is 87.3 Å². The van der Waals surface area contributed by atoms with Crippen LogP contribution < -0.4 is 5.32 Å². The van der Waals surface area contributed by atoms with Gasteiger partial charge in [0, 0.05) is 0 Å². The molecule has 2 rings (SSSR count). The first kappa shape index (κ1) is 9.85. The molecule has 2 aromatic rings. The van der Waals surface area contributed by atoms with Crippen LogP contribution in [0.15, 0.2) is 22.8 Å². The summed E-state index contributed by atoms with van der Waals surface area (Å²) in [6.07, 6.45) is 1.66. The molecule has 0 aromatic carbocycles. The lowest BCUT2D eigenvalue weighted by atomic mass is 10.2. The first-order valence-electron chi connectivity index (χ1n) is 4.75. The molecule has 1 atom stereocenters. The highest BCUT2D eigenvalue weighted by Gasteiger charge is 2.08. The standard InChI is InChI=1S/C9H13N5O/c1-7(8-4-3-5-15-8)10-6-9-11-13-14(2)12-9/h3-5,7,10H,6H2,1-2H3. The van der Waals surface area contributed by atoms with Gasteiger partial charge in [-0.1, -0.05) is 0 Å². The maximum atomic E-state index is 5.26. The highest BCUT2D eigenvalue weighted by atomic mass is 16.3. The number of aryl methyl sites for hydroxylation is 1.